The zero-order valence-electron chi connectivity index (χ0n) is 12.4. The van der Waals surface area contributed by atoms with Gasteiger partial charge in [0.05, 0.1) is 18.1 Å². The summed E-state index contributed by atoms with van der Waals surface area (Å²) in [5.74, 6) is -0.310. The molecule has 0 unspecified atom stereocenters. The van der Waals surface area contributed by atoms with E-state index in [9.17, 15) is 23.3 Å². The molecule has 0 aromatic heterocycles. The van der Waals surface area contributed by atoms with Gasteiger partial charge in [0, 0.05) is 18.2 Å². The molecule has 0 fully saturated rings. The number of benzene rings is 1. The Morgan fingerprint density at radius 3 is 2.41 bits per heavy atom. The summed E-state index contributed by atoms with van der Waals surface area (Å²) in [6.45, 7) is 2.36. The fraction of sp³-hybridized carbons (Fsp3) is 0.538. The lowest BCUT2D eigenvalue weighted by Crippen LogP contribution is -2.22. The molecule has 1 rings (SSSR count). The molecule has 1 aromatic carbocycles. The lowest BCUT2D eigenvalue weighted by Gasteiger charge is -2.15. The largest absolute Gasteiger partial charge is 0.493 e. The molecule has 0 saturated carbocycles. The molecule has 22 heavy (non-hydrogen) atoms. The van der Waals surface area contributed by atoms with Crippen LogP contribution in [0.2, 0.25) is 0 Å². The second-order valence-electron chi connectivity index (χ2n) is 4.83. The molecule has 1 aromatic rings. The normalized spacial score (nSPS) is 11.6. The van der Waals surface area contributed by atoms with Crippen LogP contribution in [0.5, 0.6) is 11.5 Å². The van der Waals surface area contributed by atoms with Crippen molar-refractivity contribution < 1.29 is 27.6 Å². The van der Waals surface area contributed by atoms with E-state index in [1.165, 1.54) is 13.2 Å². The first-order valence-corrected chi connectivity index (χ1v) is 6.42. The Kier molecular flexibility index (Phi) is 5.98. The Balaban J connectivity index is 3.13. The molecule has 124 valence electrons. The second kappa shape index (κ2) is 7.30. The average molecular weight is 322 g/mol. The van der Waals surface area contributed by atoms with E-state index in [0.717, 1.165) is 6.07 Å². The van der Waals surface area contributed by atoms with Gasteiger partial charge >= 0.3 is 6.18 Å². The van der Waals surface area contributed by atoms with Gasteiger partial charge in [0.15, 0.2) is 18.1 Å². The molecule has 9 heteroatoms. The highest BCUT2D eigenvalue weighted by molar-refractivity contribution is 5.54. The number of nitro benzene ring substituents is 1. The van der Waals surface area contributed by atoms with Crippen molar-refractivity contribution >= 4 is 5.69 Å². The smallest absolute Gasteiger partial charge is 0.422 e. The number of halogens is 3. The maximum Gasteiger partial charge on any atom is 0.422 e. The minimum absolute atomic E-state index is 0.00964. The highest BCUT2D eigenvalue weighted by atomic mass is 19.4. The third-order valence-corrected chi connectivity index (χ3v) is 2.65. The molecule has 0 saturated heterocycles. The Hall–Kier alpha value is -2.03. The number of alkyl halides is 3. The molecule has 0 aliphatic rings. The van der Waals surface area contributed by atoms with Crippen molar-refractivity contribution in [3.63, 3.8) is 0 Å². The van der Waals surface area contributed by atoms with Gasteiger partial charge in [-0.3, -0.25) is 10.1 Å². The van der Waals surface area contributed by atoms with Gasteiger partial charge in [0.2, 0.25) is 0 Å². The Morgan fingerprint density at radius 1 is 1.32 bits per heavy atom. The van der Waals surface area contributed by atoms with Gasteiger partial charge in [-0.25, -0.2) is 0 Å². The van der Waals surface area contributed by atoms with E-state index in [0.29, 0.717) is 5.56 Å². The van der Waals surface area contributed by atoms with Crippen molar-refractivity contribution in [2.75, 3.05) is 13.7 Å². The first-order chi connectivity index (χ1) is 10.1. The lowest BCUT2D eigenvalue weighted by molar-refractivity contribution is -0.385. The van der Waals surface area contributed by atoms with Gasteiger partial charge in [0.25, 0.3) is 5.69 Å². The maximum atomic E-state index is 12.2. The molecular formula is C13H17F3N2O4. The molecule has 6 nitrogen and oxygen atoms in total. The number of nitrogens with zero attached hydrogens (tertiary/aromatic N) is 1. The van der Waals surface area contributed by atoms with Gasteiger partial charge in [-0.1, -0.05) is 13.8 Å². The van der Waals surface area contributed by atoms with Gasteiger partial charge in [0.1, 0.15) is 0 Å². The second-order valence-corrected chi connectivity index (χ2v) is 4.83. The third kappa shape index (κ3) is 5.40. The zero-order valence-corrected chi connectivity index (χ0v) is 12.4. The molecule has 0 radical (unpaired) electrons. The number of rotatable bonds is 7. The molecule has 0 heterocycles. The first-order valence-electron chi connectivity index (χ1n) is 6.42. The predicted octanol–water partition coefficient (Wildman–Crippen LogP) is 3.04. The molecule has 0 amide bonds. The van der Waals surface area contributed by atoms with Crippen LogP contribution in [-0.4, -0.2) is 30.9 Å². The van der Waals surface area contributed by atoms with E-state index >= 15 is 0 Å². The Bertz CT molecular complexity index is 533. The quantitative estimate of drug-likeness (QED) is 0.617. The van der Waals surface area contributed by atoms with Crippen molar-refractivity contribution in [3.8, 4) is 11.5 Å². The molecule has 0 aliphatic carbocycles. The maximum absolute atomic E-state index is 12.2. The summed E-state index contributed by atoms with van der Waals surface area (Å²) in [5, 5.41) is 14.1. The SMILES string of the molecule is COc1cc(CNC(C)C)c([N+](=O)[O-])cc1OCC(F)(F)F. The summed E-state index contributed by atoms with van der Waals surface area (Å²) in [5.41, 5.74) is -0.0268. The van der Waals surface area contributed by atoms with E-state index in [4.69, 9.17) is 4.74 Å². The first kappa shape index (κ1) is 18.0. The highest BCUT2D eigenvalue weighted by Crippen LogP contribution is 2.35. The fourth-order valence-electron chi connectivity index (χ4n) is 1.65. The fourth-order valence-corrected chi connectivity index (χ4v) is 1.65. The van der Waals surface area contributed by atoms with Crippen LogP contribution in [0, 0.1) is 10.1 Å². The molecule has 0 aliphatic heterocycles. The number of nitro groups is 1. The van der Waals surface area contributed by atoms with E-state index in [1.807, 2.05) is 13.8 Å². The minimum Gasteiger partial charge on any atom is -0.493 e. The van der Waals surface area contributed by atoms with Gasteiger partial charge < -0.3 is 14.8 Å². The van der Waals surface area contributed by atoms with Crippen molar-refractivity contribution in [2.45, 2.75) is 32.6 Å². The number of hydrogen-bond donors (Lipinski definition) is 1. The number of methoxy groups -OCH3 is 1. The van der Waals surface area contributed by atoms with Crippen LogP contribution in [0.15, 0.2) is 12.1 Å². The molecule has 1 N–H and O–H groups in total. The third-order valence-electron chi connectivity index (χ3n) is 2.65. The average Bonchev–Trinajstić information content (AvgIpc) is 2.41. The van der Waals surface area contributed by atoms with Crippen LogP contribution in [0.1, 0.15) is 19.4 Å². The Morgan fingerprint density at radius 2 is 1.95 bits per heavy atom. The predicted molar refractivity (Wildman–Crippen MR) is 73.2 cm³/mol. The van der Waals surface area contributed by atoms with Crippen molar-refractivity contribution in [2.24, 2.45) is 0 Å². The van der Waals surface area contributed by atoms with Gasteiger partial charge in [-0.05, 0) is 6.07 Å². The van der Waals surface area contributed by atoms with Crippen LogP contribution in [0.4, 0.5) is 18.9 Å². The number of nitrogens with one attached hydrogen (secondary N) is 1. The summed E-state index contributed by atoms with van der Waals surface area (Å²) in [4.78, 5) is 10.4. The molecular weight excluding hydrogens is 305 g/mol. The van der Waals surface area contributed by atoms with Crippen molar-refractivity contribution in [1.29, 1.82) is 0 Å². The van der Waals surface area contributed by atoms with Crippen molar-refractivity contribution in [3.05, 3.63) is 27.8 Å². The molecule has 0 bridgehead atoms. The van der Waals surface area contributed by atoms with E-state index in [-0.39, 0.29) is 29.8 Å². The van der Waals surface area contributed by atoms with E-state index in [2.05, 4.69) is 10.1 Å². The highest BCUT2D eigenvalue weighted by Gasteiger charge is 2.30. The van der Waals surface area contributed by atoms with Crippen LogP contribution in [0.25, 0.3) is 0 Å². The zero-order chi connectivity index (χ0) is 16.9. The molecule has 0 spiro atoms. The van der Waals surface area contributed by atoms with E-state index < -0.39 is 17.7 Å². The minimum atomic E-state index is -4.54. The van der Waals surface area contributed by atoms with Crippen LogP contribution in [0.3, 0.4) is 0 Å². The summed E-state index contributed by atoms with van der Waals surface area (Å²) in [6.07, 6.45) is -4.54. The van der Waals surface area contributed by atoms with E-state index in [1.54, 1.807) is 0 Å². The van der Waals surface area contributed by atoms with Gasteiger partial charge in [-0.15, -0.1) is 0 Å². The van der Waals surface area contributed by atoms with Crippen LogP contribution >= 0.6 is 0 Å². The standard InChI is InChI=1S/C13H17F3N2O4/c1-8(2)17-6-9-4-11(21-3)12(5-10(9)18(19)20)22-7-13(14,15)16/h4-5,8,17H,6-7H2,1-3H3. The number of ether oxygens (including phenoxy) is 2. The summed E-state index contributed by atoms with van der Waals surface area (Å²) in [6, 6.07) is 2.34. The van der Waals surface area contributed by atoms with Crippen LogP contribution in [-0.2, 0) is 6.54 Å². The van der Waals surface area contributed by atoms with Crippen molar-refractivity contribution in [1.82, 2.24) is 5.32 Å². The molecule has 0 atom stereocenters. The summed E-state index contributed by atoms with van der Waals surface area (Å²) >= 11 is 0. The monoisotopic (exact) mass is 322 g/mol. The Labute approximate surface area is 125 Å². The lowest BCUT2D eigenvalue weighted by atomic mass is 10.1. The summed E-state index contributed by atoms with van der Waals surface area (Å²) in [7, 11) is 1.25. The number of hydrogen-bond acceptors (Lipinski definition) is 5. The van der Waals surface area contributed by atoms with Gasteiger partial charge in [-0.2, -0.15) is 13.2 Å². The van der Waals surface area contributed by atoms with Crippen LogP contribution < -0.4 is 14.8 Å². The summed E-state index contributed by atoms with van der Waals surface area (Å²) < 4.78 is 46.2. The topological polar surface area (TPSA) is 73.6 Å².